The van der Waals surface area contributed by atoms with E-state index in [1.165, 1.54) is 11.3 Å². The fourth-order valence-electron chi connectivity index (χ4n) is 2.45. The molecule has 1 atom stereocenters. The molecule has 2 rings (SSSR count). The van der Waals surface area contributed by atoms with Crippen molar-refractivity contribution < 1.29 is 14.3 Å². The Bertz CT molecular complexity index is 470. The first-order valence-electron chi connectivity index (χ1n) is 7.78. The van der Waals surface area contributed by atoms with Crippen molar-refractivity contribution in [2.75, 3.05) is 39.4 Å². The molecule has 22 heavy (non-hydrogen) atoms. The molecular weight excluding hydrogens is 300 g/mol. The summed E-state index contributed by atoms with van der Waals surface area (Å²) in [5.41, 5.74) is 0. The number of hydrogen-bond acceptors (Lipinski definition) is 5. The van der Waals surface area contributed by atoms with Crippen LogP contribution in [0.1, 0.15) is 29.4 Å². The SMILES string of the molecule is CC(CNC(=O)CCC(=O)c1cccs1)CN1CCOCC1. The van der Waals surface area contributed by atoms with Crippen LogP contribution in [0, 0.1) is 5.92 Å². The van der Waals surface area contributed by atoms with Gasteiger partial charge >= 0.3 is 0 Å². The van der Waals surface area contributed by atoms with Crippen LogP contribution in [-0.4, -0.2) is 56.0 Å². The number of rotatable bonds is 8. The lowest BCUT2D eigenvalue weighted by atomic mass is 10.1. The van der Waals surface area contributed by atoms with Gasteiger partial charge in [-0.15, -0.1) is 11.3 Å². The van der Waals surface area contributed by atoms with Crippen LogP contribution in [0.15, 0.2) is 17.5 Å². The van der Waals surface area contributed by atoms with Gasteiger partial charge in [0.25, 0.3) is 0 Å². The summed E-state index contributed by atoms with van der Waals surface area (Å²) in [7, 11) is 0. The van der Waals surface area contributed by atoms with E-state index in [-0.39, 0.29) is 24.5 Å². The number of nitrogens with one attached hydrogen (secondary N) is 1. The lowest BCUT2D eigenvalue weighted by Gasteiger charge is -2.29. The zero-order valence-corrected chi connectivity index (χ0v) is 13.9. The van der Waals surface area contributed by atoms with Crippen molar-refractivity contribution in [1.82, 2.24) is 10.2 Å². The smallest absolute Gasteiger partial charge is 0.220 e. The van der Waals surface area contributed by atoms with Gasteiger partial charge in [0.15, 0.2) is 5.78 Å². The van der Waals surface area contributed by atoms with E-state index in [0.717, 1.165) is 37.7 Å². The Morgan fingerprint density at radius 1 is 1.36 bits per heavy atom. The fourth-order valence-corrected chi connectivity index (χ4v) is 3.15. The van der Waals surface area contributed by atoms with Gasteiger partial charge in [0.2, 0.25) is 5.91 Å². The highest BCUT2D eigenvalue weighted by Gasteiger charge is 2.15. The van der Waals surface area contributed by atoms with E-state index in [4.69, 9.17) is 4.74 Å². The van der Waals surface area contributed by atoms with E-state index in [1.807, 2.05) is 11.4 Å². The molecule has 1 saturated heterocycles. The maximum Gasteiger partial charge on any atom is 0.220 e. The first-order valence-corrected chi connectivity index (χ1v) is 8.66. The average Bonchev–Trinajstić information content (AvgIpc) is 3.06. The highest BCUT2D eigenvalue weighted by Crippen LogP contribution is 2.12. The molecule has 1 fully saturated rings. The first-order chi connectivity index (χ1) is 10.6. The standard InChI is InChI=1S/C16H24N2O3S/c1-13(12-18-6-8-21-9-7-18)11-17-16(20)5-4-14(19)15-3-2-10-22-15/h2-3,10,13H,4-9,11-12H2,1H3,(H,17,20). The second-order valence-electron chi connectivity index (χ2n) is 5.72. The molecule has 0 radical (unpaired) electrons. The van der Waals surface area contributed by atoms with Crippen molar-refractivity contribution in [3.8, 4) is 0 Å². The van der Waals surface area contributed by atoms with Crippen molar-refractivity contribution in [2.24, 2.45) is 5.92 Å². The van der Waals surface area contributed by atoms with Crippen LogP contribution >= 0.6 is 11.3 Å². The third kappa shape index (κ3) is 5.87. The van der Waals surface area contributed by atoms with Gasteiger partial charge in [0.05, 0.1) is 18.1 Å². The molecule has 1 aromatic rings. The summed E-state index contributed by atoms with van der Waals surface area (Å²) in [6.45, 7) is 7.28. The highest BCUT2D eigenvalue weighted by atomic mass is 32.1. The van der Waals surface area contributed by atoms with Gasteiger partial charge < -0.3 is 10.1 Å². The normalized spacial score (nSPS) is 17.1. The summed E-state index contributed by atoms with van der Waals surface area (Å²) in [6, 6.07) is 3.65. The van der Waals surface area contributed by atoms with E-state index in [2.05, 4.69) is 17.1 Å². The monoisotopic (exact) mass is 324 g/mol. The summed E-state index contributed by atoms with van der Waals surface area (Å²) < 4.78 is 5.32. The van der Waals surface area contributed by atoms with E-state index >= 15 is 0 Å². The van der Waals surface area contributed by atoms with Crippen molar-refractivity contribution in [2.45, 2.75) is 19.8 Å². The maximum atomic E-state index is 11.8. The third-order valence-electron chi connectivity index (χ3n) is 3.70. The van der Waals surface area contributed by atoms with E-state index < -0.39 is 0 Å². The molecule has 1 aromatic heterocycles. The number of carbonyl (C=O) groups excluding carboxylic acids is 2. The number of nitrogens with zero attached hydrogens (tertiary/aromatic N) is 1. The van der Waals surface area contributed by atoms with Crippen LogP contribution in [0.4, 0.5) is 0 Å². The van der Waals surface area contributed by atoms with Crippen LogP contribution in [0.2, 0.25) is 0 Å². The van der Waals surface area contributed by atoms with Gasteiger partial charge in [0, 0.05) is 39.0 Å². The van der Waals surface area contributed by atoms with Gasteiger partial charge in [-0.05, 0) is 17.4 Å². The fraction of sp³-hybridized carbons (Fsp3) is 0.625. The minimum atomic E-state index is -0.0428. The summed E-state index contributed by atoms with van der Waals surface area (Å²) in [5, 5.41) is 4.80. The molecule has 1 N–H and O–H groups in total. The van der Waals surface area contributed by atoms with Crippen molar-refractivity contribution >= 4 is 23.0 Å². The Hall–Kier alpha value is -1.24. The molecule has 0 spiro atoms. The van der Waals surface area contributed by atoms with Gasteiger partial charge in [-0.2, -0.15) is 0 Å². The van der Waals surface area contributed by atoms with Crippen LogP contribution < -0.4 is 5.32 Å². The minimum Gasteiger partial charge on any atom is -0.379 e. The van der Waals surface area contributed by atoms with Gasteiger partial charge in [0.1, 0.15) is 0 Å². The molecule has 0 saturated carbocycles. The molecule has 6 heteroatoms. The summed E-state index contributed by atoms with van der Waals surface area (Å²) in [5.74, 6) is 0.403. The second-order valence-corrected chi connectivity index (χ2v) is 6.67. The Morgan fingerprint density at radius 2 is 2.14 bits per heavy atom. The lowest BCUT2D eigenvalue weighted by molar-refractivity contribution is -0.121. The molecule has 0 aliphatic carbocycles. The molecular formula is C16H24N2O3S. The molecule has 1 amide bonds. The summed E-state index contributed by atoms with van der Waals surface area (Å²) in [6.07, 6.45) is 0.547. The van der Waals surface area contributed by atoms with Crippen LogP contribution in [0.5, 0.6) is 0 Å². The van der Waals surface area contributed by atoms with Crippen LogP contribution in [0.25, 0.3) is 0 Å². The number of ether oxygens (including phenoxy) is 1. The first kappa shape index (κ1) is 17.1. The molecule has 0 aromatic carbocycles. The minimum absolute atomic E-state index is 0.0428. The number of carbonyl (C=O) groups is 2. The predicted molar refractivity (Wildman–Crippen MR) is 87.3 cm³/mol. The van der Waals surface area contributed by atoms with Crippen molar-refractivity contribution in [3.05, 3.63) is 22.4 Å². The molecule has 2 heterocycles. The number of ketones is 1. The Labute approximate surface area is 135 Å². The molecule has 1 unspecified atom stereocenters. The van der Waals surface area contributed by atoms with Crippen LogP contribution in [-0.2, 0) is 9.53 Å². The number of Topliss-reactive ketones (excluding diaryl/α,β-unsaturated/α-hetero) is 1. The number of thiophene rings is 1. The Balaban J connectivity index is 1.59. The quantitative estimate of drug-likeness (QED) is 0.741. The molecule has 1 aliphatic rings. The largest absolute Gasteiger partial charge is 0.379 e. The molecule has 122 valence electrons. The Morgan fingerprint density at radius 3 is 2.82 bits per heavy atom. The molecule has 5 nitrogen and oxygen atoms in total. The van der Waals surface area contributed by atoms with Gasteiger partial charge in [-0.3, -0.25) is 14.5 Å². The molecule has 0 bridgehead atoms. The number of amides is 1. The number of hydrogen-bond donors (Lipinski definition) is 1. The van der Waals surface area contributed by atoms with Gasteiger partial charge in [-0.1, -0.05) is 13.0 Å². The van der Waals surface area contributed by atoms with E-state index in [9.17, 15) is 9.59 Å². The van der Waals surface area contributed by atoms with Crippen molar-refractivity contribution in [3.63, 3.8) is 0 Å². The summed E-state index contributed by atoms with van der Waals surface area (Å²) >= 11 is 1.42. The topological polar surface area (TPSA) is 58.6 Å². The third-order valence-corrected chi connectivity index (χ3v) is 4.61. The van der Waals surface area contributed by atoms with E-state index in [1.54, 1.807) is 6.07 Å². The molecule has 1 aliphatic heterocycles. The average molecular weight is 324 g/mol. The predicted octanol–water partition coefficient (Wildman–Crippen LogP) is 1.80. The number of morpholine rings is 1. The maximum absolute atomic E-state index is 11.8. The summed E-state index contributed by atoms with van der Waals surface area (Å²) in [4.78, 5) is 26.7. The van der Waals surface area contributed by atoms with E-state index in [0.29, 0.717) is 12.5 Å². The van der Waals surface area contributed by atoms with Crippen molar-refractivity contribution in [1.29, 1.82) is 0 Å². The zero-order valence-electron chi connectivity index (χ0n) is 13.0. The highest BCUT2D eigenvalue weighted by molar-refractivity contribution is 7.12. The second kappa shape index (κ2) is 9.02. The lowest BCUT2D eigenvalue weighted by Crippen LogP contribution is -2.41. The zero-order chi connectivity index (χ0) is 15.8. The van der Waals surface area contributed by atoms with Gasteiger partial charge in [-0.25, -0.2) is 0 Å². The van der Waals surface area contributed by atoms with Crippen LogP contribution in [0.3, 0.4) is 0 Å². The Kier molecular flexibility index (Phi) is 7.02.